The molecule has 0 aromatic heterocycles. The summed E-state index contributed by atoms with van der Waals surface area (Å²) in [5, 5.41) is 0.322. The zero-order chi connectivity index (χ0) is 13.8. The number of rotatable bonds is 6. The highest BCUT2D eigenvalue weighted by Crippen LogP contribution is 2.25. The second-order valence-corrected chi connectivity index (χ2v) is 7.02. The first-order valence-electron chi connectivity index (χ1n) is 5.42. The number of nitrogens with one attached hydrogen (secondary N) is 1. The predicted octanol–water partition coefficient (Wildman–Crippen LogP) is 2.26. The summed E-state index contributed by atoms with van der Waals surface area (Å²) in [4.78, 5) is 0.150. The molecule has 18 heavy (non-hydrogen) atoms. The van der Waals surface area contributed by atoms with E-state index in [9.17, 15) is 8.42 Å². The Kier molecular flexibility index (Phi) is 5.78. The lowest BCUT2D eigenvalue weighted by Crippen LogP contribution is -2.26. The lowest BCUT2D eigenvalue weighted by molar-refractivity contribution is 0.580. The Morgan fingerprint density at radius 2 is 2.11 bits per heavy atom. The minimum absolute atomic E-state index is 0.150. The van der Waals surface area contributed by atoms with Crippen molar-refractivity contribution in [2.45, 2.75) is 18.2 Å². The fourth-order valence-corrected chi connectivity index (χ4v) is 3.55. The first-order valence-corrected chi connectivity index (χ1v) is 8.68. The molecule has 4 nitrogen and oxygen atoms in total. The summed E-state index contributed by atoms with van der Waals surface area (Å²) in [6, 6.07) is 2.97. The third kappa shape index (κ3) is 4.05. The summed E-state index contributed by atoms with van der Waals surface area (Å²) in [6.07, 6.45) is 2.77. The van der Waals surface area contributed by atoms with E-state index in [1.54, 1.807) is 24.8 Å². The molecular formula is C11H17ClN2O2S2. The standard InChI is InChI=1S/C11H17ClN2O2S2/c1-8-10(13)6-9(12)7-11(8)18(15,16)14-4-3-5-17-2/h6-7,14H,3-5,13H2,1-2H3. The van der Waals surface area contributed by atoms with Crippen LogP contribution in [-0.4, -0.2) is 27.0 Å². The number of halogens is 1. The average molecular weight is 309 g/mol. The van der Waals surface area contributed by atoms with E-state index in [2.05, 4.69) is 4.72 Å². The van der Waals surface area contributed by atoms with Gasteiger partial charge in [-0.05, 0) is 43.0 Å². The molecule has 7 heteroatoms. The predicted molar refractivity (Wildman–Crippen MR) is 78.8 cm³/mol. The van der Waals surface area contributed by atoms with Gasteiger partial charge in [0.2, 0.25) is 10.0 Å². The van der Waals surface area contributed by atoms with Crippen molar-refractivity contribution < 1.29 is 8.42 Å². The topological polar surface area (TPSA) is 72.2 Å². The molecule has 0 unspecified atom stereocenters. The van der Waals surface area contributed by atoms with Crippen molar-refractivity contribution in [1.29, 1.82) is 0 Å². The normalized spacial score (nSPS) is 11.7. The maximum Gasteiger partial charge on any atom is 0.240 e. The van der Waals surface area contributed by atoms with Gasteiger partial charge in [0.25, 0.3) is 0 Å². The van der Waals surface area contributed by atoms with E-state index in [-0.39, 0.29) is 4.90 Å². The van der Waals surface area contributed by atoms with Gasteiger partial charge in [-0.15, -0.1) is 0 Å². The molecule has 0 fully saturated rings. The van der Waals surface area contributed by atoms with Gasteiger partial charge in [-0.1, -0.05) is 11.6 Å². The van der Waals surface area contributed by atoms with Gasteiger partial charge in [0.15, 0.2) is 0 Å². The van der Waals surface area contributed by atoms with Crippen molar-refractivity contribution >= 4 is 39.1 Å². The van der Waals surface area contributed by atoms with Crippen LogP contribution in [0, 0.1) is 6.92 Å². The Bertz CT molecular complexity index is 518. The highest BCUT2D eigenvalue weighted by molar-refractivity contribution is 7.98. The smallest absolute Gasteiger partial charge is 0.240 e. The Morgan fingerprint density at radius 3 is 2.72 bits per heavy atom. The number of sulfonamides is 1. The zero-order valence-electron chi connectivity index (χ0n) is 10.4. The summed E-state index contributed by atoms with van der Waals surface area (Å²) in [7, 11) is -3.54. The van der Waals surface area contributed by atoms with Gasteiger partial charge in [0, 0.05) is 17.3 Å². The van der Waals surface area contributed by atoms with Crippen LogP contribution in [0.4, 0.5) is 5.69 Å². The van der Waals surface area contributed by atoms with Gasteiger partial charge in [-0.2, -0.15) is 11.8 Å². The Hall–Kier alpha value is -0.430. The number of hydrogen-bond acceptors (Lipinski definition) is 4. The zero-order valence-corrected chi connectivity index (χ0v) is 12.8. The molecule has 0 aliphatic heterocycles. The highest BCUT2D eigenvalue weighted by atomic mass is 35.5. The molecule has 1 rings (SSSR count). The lowest BCUT2D eigenvalue weighted by Gasteiger charge is -2.11. The van der Waals surface area contributed by atoms with Gasteiger partial charge in [-0.25, -0.2) is 13.1 Å². The van der Waals surface area contributed by atoms with Crippen molar-refractivity contribution in [3.05, 3.63) is 22.7 Å². The van der Waals surface area contributed by atoms with E-state index in [0.717, 1.165) is 12.2 Å². The van der Waals surface area contributed by atoms with Crippen LogP contribution < -0.4 is 10.5 Å². The molecule has 0 aliphatic carbocycles. The minimum atomic E-state index is -3.54. The fourth-order valence-electron chi connectivity index (χ4n) is 1.45. The molecule has 0 spiro atoms. The van der Waals surface area contributed by atoms with Gasteiger partial charge in [-0.3, -0.25) is 0 Å². The van der Waals surface area contributed by atoms with E-state index < -0.39 is 10.0 Å². The van der Waals surface area contributed by atoms with Crippen molar-refractivity contribution in [3.63, 3.8) is 0 Å². The maximum absolute atomic E-state index is 12.1. The van der Waals surface area contributed by atoms with E-state index in [1.807, 2.05) is 6.26 Å². The van der Waals surface area contributed by atoms with Gasteiger partial charge in [0.1, 0.15) is 0 Å². The summed E-state index contributed by atoms with van der Waals surface area (Å²) in [6.45, 7) is 2.08. The number of benzene rings is 1. The highest BCUT2D eigenvalue weighted by Gasteiger charge is 2.18. The Balaban J connectivity index is 2.91. The molecule has 3 N–H and O–H groups in total. The summed E-state index contributed by atoms with van der Waals surface area (Å²) in [5.41, 5.74) is 6.62. The van der Waals surface area contributed by atoms with Crippen LogP contribution in [0.15, 0.2) is 17.0 Å². The van der Waals surface area contributed by atoms with Crippen LogP contribution in [0.25, 0.3) is 0 Å². The van der Waals surface area contributed by atoms with Crippen LogP contribution in [0.3, 0.4) is 0 Å². The van der Waals surface area contributed by atoms with Crippen LogP contribution in [0.2, 0.25) is 5.02 Å². The van der Waals surface area contributed by atoms with Crippen LogP contribution in [0.1, 0.15) is 12.0 Å². The van der Waals surface area contributed by atoms with Crippen molar-refractivity contribution in [1.82, 2.24) is 4.72 Å². The number of anilines is 1. The quantitative estimate of drug-likeness (QED) is 0.624. The van der Waals surface area contributed by atoms with Gasteiger partial charge in [0.05, 0.1) is 4.90 Å². The molecule has 102 valence electrons. The molecule has 0 aliphatic rings. The summed E-state index contributed by atoms with van der Waals surface area (Å²) < 4.78 is 26.7. The number of nitrogen functional groups attached to an aromatic ring is 1. The number of thioether (sulfide) groups is 1. The number of hydrogen-bond donors (Lipinski definition) is 2. The minimum Gasteiger partial charge on any atom is -0.398 e. The van der Waals surface area contributed by atoms with Crippen molar-refractivity contribution in [3.8, 4) is 0 Å². The third-order valence-electron chi connectivity index (χ3n) is 2.47. The summed E-state index contributed by atoms with van der Waals surface area (Å²) >= 11 is 7.52. The first kappa shape index (κ1) is 15.6. The van der Waals surface area contributed by atoms with Gasteiger partial charge >= 0.3 is 0 Å². The third-order valence-corrected chi connectivity index (χ3v) is 4.97. The van der Waals surface area contributed by atoms with E-state index in [1.165, 1.54) is 6.07 Å². The molecule has 0 radical (unpaired) electrons. The van der Waals surface area contributed by atoms with E-state index in [4.69, 9.17) is 17.3 Å². The molecular weight excluding hydrogens is 292 g/mol. The van der Waals surface area contributed by atoms with Crippen molar-refractivity contribution in [2.24, 2.45) is 0 Å². The van der Waals surface area contributed by atoms with E-state index >= 15 is 0 Å². The molecule has 0 bridgehead atoms. The molecule has 0 heterocycles. The number of nitrogens with two attached hydrogens (primary N) is 1. The Morgan fingerprint density at radius 1 is 1.44 bits per heavy atom. The second-order valence-electron chi connectivity index (χ2n) is 3.86. The Labute approximate surface area is 117 Å². The largest absolute Gasteiger partial charge is 0.398 e. The second kappa shape index (κ2) is 6.65. The SMILES string of the molecule is CSCCCNS(=O)(=O)c1cc(Cl)cc(N)c1C. The molecule has 0 saturated heterocycles. The molecule has 0 amide bonds. The summed E-state index contributed by atoms with van der Waals surface area (Å²) in [5.74, 6) is 0.916. The fraction of sp³-hybridized carbons (Fsp3) is 0.455. The maximum atomic E-state index is 12.1. The molecule has 1 aromatic carbocycles. The molecule has 1 aromatic rings. The first-order chi connectivity index (χ1) is 8.38. The van der Waals surface area contributed by atoms with Crippen LogP contribution >= 0.6 is 23.4 Å². The lowest BCUT2D eigenvalue weighted by atomic mass is 10.2. The van der Waals surface area contributed by atoms with Crippen LogP contribution in [-0.2, 0) is 10.0 Å². The molecule has 0 saturated carbocycles. The van der Waals surface area contributed by atoms with Crippen molar-refractivity contribution in [2.75, 3.05) is 24.3 Å². The molecule has 0 atom stereocenters. The van der Waals surface area contributed by atoms with Crippen LogP contribution in [0.5, 0.6) is 0 Å². The monoisotopic (exact) mass is 308 g/mol. The van der Waals surface area contributed by atoms with E-state index in [0.29, 0.717) is 22.8 Å². The average Bonchev–Trinajstić information content (AvgIpc) is 2.29. The van der Waals surface area contributed by atoms with Gasteiger partial charge < -0.3 is 5.73 Å².